The molecule has 0 N–H and O–H groups in total. The van der Waals surface area contributed by atoms with Gasteiger partial charge in [0.15, 0.2) is 20.2 Å². The molecule has 0 aromatic rings. The monoisotopic (exact) mass is 457 g/mol. The Morgan fingerprint density at radius 1 is 0.647 bits per heavy atom. The molecule has 0 unspecified atom stereocenters. The molecule has 0 fully saturated rings. The molecule has 0 saturated carbocycles. The first kappa shape index (κ1) is 22.8. The minimum Gasteiger partial charge on any atom is -0.741 e. The number of halogens is 6. The Kier molecular flexibility index (Phi) is 9.05. The van der Waals surface area contributed by atoms with Crippen LogP contribution in [-0.2, 0) is 20.2 Å². The van der Waals surface area contributed by atoms with E-state index in [1.807, 2.05) is 0 Å². The van der Waals surface area contributed by atoms with Crippen LogP contribution in [0.5, 0.6) is 0 Å². The van der Waals surface area contributed by atoms with Crippen LogP contribution in [0.15, 0.2) is 0 Å². The van der Waals surface area contributed by atoms with E-state index in [0.717, 1.165) is 0 Å². The number of hydrogen-bond acceptors (Lipinski definition) is 6. The summed E-state index contributed by atoms with van der Waals surface area (Å²) in [6.45, 7) is 0. The average molecular weight is 457 g/mol. The van der Waals surface area contributed by atoms with Crippen molar-refractivity contribution in [3.05, 3.63) is 0 Å². The van der Waals surface area contributed by atoms with E-state index >= 15 is 0 Å². The van der Waals surface area contributed by atoms with Crippen LogP contribution in [0.3, 0.4) is 0 Å². The molecule has 0 aliphatic heterocycles. The maximum atomic E-state index is 10.7. The standard InChI is InChI=1S/2CHF3O3S.Tb/c2*2-1(3,4)8(5,6)7;/h2*(H,5,6,7);/p-2. The van der Waals surface area contributed by atoms with Gasteiger partial charge in [0.1, 0.15) is 0 Å². The summed E-state index contributed by atoms with van der Waals surface area (Å²) in [7, 11) is -12.2. The van der Waals surface area contributed by atoms with E-state index in [4.69, 9.17) is 25.9 Å². The van der Waals surface area contributed by atoms with E-state index in [0.29, 0.717) is 0 Å². The molecule has 0 bridgehead atoms. The zero-order chi connectivity index (χ0) is 14.0. The van der Waals surface area contributed by atoms with E-state index in [-0.39, 0.29) is 38.6 Å². The van der Waals surface area contributed by atoms with Gasteiger partial charge in [-0.2, -0.15) is 26.3 Å². The maximum absolute atomic E-state index is 10.7. The van der Waals surface area contributed by atoms with Crippen molar-refractivity contribution in [2.45, 2.75) is 11.0 Å². The molecule has 0 spiro atoms. The fourth-order valence-electron chi connectivity index (χ4n) is 0. The molecule has 0 aromatic heterocycles. The maximum Gasteiger partial charge on any atom is 0.485 e. The van der Waals surface area contributed by atoms with Gasteiger partial charge in [0.05, 0.1) is 0 Å². The van der Waals surface area contributed by atoms with Crippen LogP contribution in [0.25, 0.3) is 0 Å². The first-order valence-corrected chi connectivity index (χ1v) is 5.36. The predicted molar refractivity (Wildman–Crippen MR) is 31.5 cm³/mol. The fourth-order valence-corrected chi connectivity index (χ4v) is 0. The molecule has 6 nitrogen and oxygen atoms in total. The zero-order valence-electron chi connectivity index (χ0n) is 6.87. The summed E-state index contributed by atoms with van der Waals surface area (Å²) in [5, 5.41) is 0. The Hall–Kier alpha value is 0.686. The Labute approximate surface area is 121 Å². The second kappa shape index (κ2) is 6.74. The molecule has 0 aromatic carbocycles. The Balaban J connectivity index is -0.000000218. The van der Waals surface area contributed by atoms with Gasteiger partial charge < -0.3 is 9.11 Å². The third-order valence-corrected chi connectivity index (χ3v) is 1.70. The normalized spacial score (nSPS) is 13.2. The van der Waals surface area contributed by atoms with Gasteiger partial charge in [-0.3, -0.25) is 0 Å². The molecule has 0 aliphatic rings. The van der Waals surface area contributed by atoms with Gasteiger partial charge in [0.25, 0.3) is 0 Å². The largest absolute Gasteiger partial charge is 0.741 e. The average Bonchev–Trinajstić information content (AvgIpc) is 1.77. The first-order valence-electron chi connectivity index (χ1n) is 2.54. The topological polar surface area (TPSA) is 114 Å². The SMILES string of the molecule is O=S(=O)([O-])C(F)(F)F.O=S(=O)([O-])C(F)(F)F.[Tb]. The van der Waals surface area contributed by atoms with Gasteiger partial charge in [-0.15, -0.1) is 0 Å². The number of rotatable bonds is 0. The molecular formula is C2F6O6S2Tb-2. The second-order valence-corrected chi connectivity index (χ2v) is 4.54. The van der Waals surface area contributed by atoms with Crippen molar-refractivity contribution in [3.63, 3.8) is 0 Å². The van der Waals surface area contributed by atoms with E-state index in [1.54, 1.807) is 0 Å². The van der Waals surface area contributed by atoms with Crippen molar-refractivity contribution < 1.29 is 90.9 Å². The molecule has 1 radical (unpaired) electrons. The molecule has 0 amide bonds. The molecule has 0 saturated heterocycles. The van der Waals surface area contributed by atoms with Crippen LogP contribution in [0.2, 0.25) is 0 Å². The zero-order valence-corrected chi connectivity index (χ0v) is 10.6. The van der Waals surface area contributed by atoms with Gasteiger partial charge in [-0.1, -0.05) is 0 Å². The van der Waals surface area contributed by atoms with Gasteiger partial charge in [0, 0.05) is 38.6 Å². The third-order valence-electron chi connectivity index (χ3n) is 0.567. The quantitative estimate of drug-likeness (QED) is 0.290. The number of hydrogen-bond donors (Lipinski definition) is 0. The van der Waals surface area contributed by atoms with Crippen LogP contribution < -0.4 is 0 Å². The van der Waals surface area contributed by atoms with Crippen LogP contribution in [-0.4, -0.2) is 37.0 Å². The van der Waals surface area contributed by atoms with E-state index < -0.39 is 31.3 Å². The summed E-state index contributed by atoms with van der Waals surface area (Å²) in [5.41, 5.74) is -11.3. The minimum atomic E-state index is -6.09. The van der Waals surface area contributed by atoms with Gasteiger partial charge in [-0.05, 0) is 0 Å². The molecule has 0 heterocycles. The summed E-state index contributed by atoms with van der Waals surface area (Å²) < 4.78 is 118. The van der Waals surface area contributed by atoms with Gasteiger partial charge in [-0.25, -0.2) is 16.8 Å². The Bertz CT molecular complexity index is 374. The van der Waals surface area contributed by atoms with Crippen molar-refractivity contribution in [3.8, 4) is 0 Å². The van der Waals surface area contributed by atoms with E-state index in [2.05, 4.69) is 0 Å². The van der Waals surface area contributed by atoms with Crippen LogP contribution >= 0.6 is 0 Å². The summed E-state index contributed by atoms with van der Waals surface area (Å²) in [4.78, 5) is 0. The summed E-state index contributed by atoms with van der Waals surface area (Å²) in [5.74, 6) is 0. The summed E-state index contributed by atoms with van der Waals surface area (Å²) >= 11 is 0. The molecule has 109 valence electrons. The van der Waals surface area contributed by atoms with Crippen molar-refractivity contribution in [1.82, 2.24) is 0 Å². The van der Waals surface area contributed by atoms with Gasteiger partial charge in [0.2, 0.25) is 0 Å². The Morgan fingerprint density at radius 2 is 0.706 bits per heavy atom. The smallest absolute Gasteiger partial charge is 0.485 e. The molecular weight excluding hydrogens is 457 g/mol. The first-order chi connectivity index (χ1) is 6.50. The van der Waals surface area contributed by atoms with E-state index in [9.17, 15) is 26.3 Å². The second-order valence-electron chi connectivity index (χ2n) is 1.80. The van der Waals surface area contributed by atoms with E-state index in [1.165, 1.54) is 0 Å². The van der Waals surface area contributed by atoms with Crippen molar-refractivity contribution in [1.29, 1.82) is 0 Å². The summed E-state index contributed by atoms with van der Waals surface area (Å²) in [6, 6.07) is 0. The molecule has 17 heavy (non-hydrogen) atoms. The van der Waals surface area contributed by atoms with Crippen LogP contribution in [0.1, 0.15) is 0 Å². The number of alkyl halides is 6. The van der Waals surface area contributed by atoms with Crippen LogP contribution in [0, 0.1) is 38.6 Å². The molecule has 0 rings (SSSR count). The minimum absolute atomic E-state index is 0. The van der Waals surface area contributed by atoms with Gasteiger partial charge >= 0.3 is 11.0 Å². The predicted octanol–water partition coefficient (Wildman–Crippen LogP) is 0.103. The van der Waals surface area contributed by atoms with Crippen molar-refractivity contribution in [2.75, 3.05) is 0 Å². The molecule has 0 aliphatic carbocycles. The van der Waals surface area contributed by atoms with Crippen molar-refractivity contribution in [2.24, 2.45) is 0 Å². The summed E-state index contributed by atoms with van der Waals surface area (Å²) in [6.07, 6.45) is 0. The van der Waals surface area contributed by atoms with Crippen LogP contribution in [0.4, 0.5) is 26.3 Å². The molecule has 0 atom stereocenters. The van der Waals surface area contributed by atoms with Crippen molar-refractivity contribution >= 4 is 20.2 Å². The third kappa shape index (κ3) is 10.3. The fraction of sp³-hybridized carbons (Fsp3) is 1.00. The Morgan fingerprint density at radius 3 is 0.706 bits per heavy atom. The molecule has 15 heteroatoms.